The molecule has 1 aliphatic heterocycles. The van der Waals surface area contributed by atoms with Gasteiger partial charge in [-0.3, -0.25) is 0 Å². The van der Waals surface area contributed by atoms with Gasteiger partial charge in [0, 0.05) is 32.7 Å². The molecule has 1 fully saturated rings. The summed E-state index contributed by atoms with van der Waals surface area (Å²) in [6, 6.07) is 0.449. The van der Waals surface area contributed by atoms with Crippen molar-refractivity contribution in [2.24, 2.45) is 5.92 Å². The standard InChI is InChI=1S/C9H18N2.Y/c1-8(2)6-9(3)11-5-4-10-7-11;/h7-10H,3-6H2,1-2H3;/q-2;. The van der Waals surface area contributed by atoms with Crippen LogP contribution < -0.4 is 5.32 Å². The van der Waals surface area contributed by atoms with Gasteiger partial charge >= 0.3 is 0 Å². The molecule has 0 aromatic heterocycles. The Morgan fingerprint density at radius 2 is 2.25 bits per heavy atom. The second-order valence-corrected chi connectivity index (χ2v) is 3.60. The number of hydrogen-bond donors (Lipinski definition) is 1. The number of hydrogen-bond acceptors (Lipinski definition) is 2. The molecule has 1 unspecified atom stereocenters. The van der Waals surface area contributed by atoms with Crippen LogP contribution in [0.15, 0.2) is 0 Å². The Morgan fingerprint density at radius 1 is 1.58 bits per heavy atom. The normalized spacial score (nSPS) is 21.0. The molecule has 3 heteroatoms. The molecule has 1 N–H and O–H groups in total. The maximum absolute atomic E-state index is 4.11. The Labute approximate surface area is 101 Å². The predicted molar refractivity (Wildman–Crippen MR) is 47.6 cm³/mol. The third kappa shape index (κ3) is 4.31. The minimum atomic E-state index is 0. The van der Waals surface area contributed by atoms with E-state index in [2.05, 4.69) is 37.7 Å². The first-order valence-electron chi connectivity index (χ1n) is 4.35. The first-order chi connectivity index (χ1) is 5.20. The van der Waals surface area contributed by atoms with Gasteiger partial charge in [-0.25, -0.2) is 6.67 Å². The van der Waals surface area contributed by atoms with Crippen molar-refractivity contribution in [3.8, 4) is 0 Å². The molecule has 0 aromatic rings. The second kappa shape index (κ2) is 6.47. The zero-order valence-electron chi connectivity index (χ0n) is 8.09. The molecular weight excluding hydrogens is 225 g/mol. The minimum Gasteiger partial charge on any atom is -0.465 e. The summed E-state index contributed by atoms with van der Waals surface area (Å²) in [5.74, 6) is 0.742. The third-order valence-corrected chi connectivity index (χ3v) is 1.98. The Balaban J connectivity index is 0.00000121. The molecule has 1 atom stereocenters. The van der Waals surface area contributed by atoms with Crippen molar-refractivity contribution in [1.82, 2.24) is 10.2 Å². The van der Waals surface area contributed by atoms with Crippen LogP contribution in [-0.2, 0) is 32.7 Å². The number of rotatable bonds is 3. The van der Waals surface area contributed by atoms with E-state index in [9.17, 15) is 0 Å². The molecule has 0 spiro atoms. The smallest absolute Gasteiger partial charge is 0 e. The Morgan fingerprint density at radius 3 is 2.67 bits per heavy atom. The fourth-order valence-electron chi connectivity index (χ4n) is 1.41. The molecule has 1 saturated heterocycles. The fraction of sp³-hybridized carbons (Fsp3) is 0.778. The van der Waals surface area contributed by atoms with Crippen molar-refractivity contribution in [3.63, 3.8) is 0 Å². The number of nitrogens with one attached hydrogen (secondary N) is 1. The Kier molecular flexibility index (Phi) is 7.03. The third-order valence-electron chi connectivity index (χ3n) is 1.98. The molecule has 0 aliphatic carbocycles. The van der Waals surface area contributed by atoms with Crippen molar-refractivity contribution < 1.29 is 32.7 Å². The summed E-state index contributed by atoms with van der Waals surface area (Å²) in [5, 5.41) is 3.19. The molecule has 0 bridgehead atoms. The summed E-state index contributed by atoms with van der Waals surface area (Å²) >= 11 is 0. The Hall–Kier alpha value is 1.02. The van der Waals surface area contributed by atoms with Gasteiger partial charge in [0.15, 0.2) is 0 Å². The van der Waals surface area contributed by atoms with E-state index in [-0.39, 0.29) is 32.7 Å². The molecule has 1 aliphatic rings. The molecule has 1 heterocycles. The molecule has 1 radical (unpaired) electrons. The summed E-state index contributed by atoms with van der Waals surface area (Å²) in [6.07, 6.45) is 1.18. The maximum Gasteiger partial charge on any atom is 0 e. The molecular formula is C9H18N2Y-2. The van der Waals surface area contributed by atoms with Crippen molar-refractivity contribution >= 4 is 0 Å². The topological polar surface area (TPSA) is 15.3 Å². The van der Waals surface area contributed by atoms with Crippen LogP contribution in [0.2, 0.25) is 0 Å². The summed E-state index contributed by atoms with van der Waals surface area (Å²) in [4.78, 5) is 2.28. The van der Waals surface area contributed by atoms with Gasteiger partial charge in [-0.2, -0.15) is 0 Å². The molecule has 0 saturated carbocycles. The van der Waals surface area contributed by atoms with Gasteiger partial charge in [0.2, 0.25) is 0 Å². The SMILES string of the molecule is [CH2-]C(CC(C)C)N1[CH-]NCC1.[Y]. The quantitative estimate of drug-likeness (QED) is 0.751. The van der Waals surface area contributed by atoms with Crippen LogP contribution >= 0.6 is 0 Å². The van der Waals surface area contributed by atoms with E-state index in [0.29, 0.717) is 6.04 Å². The van der Waals surface area contributed by atoms with Gasteiger partial charge in [-0.05, 0) is 19.0 Å². The van der Waals surface area contributed by atoms with Gasteiger partial charge in [-0.1, -0.05) is 20.3 Å². The van der Waals surface area contributed by atoms with Gasteiger partial charge < -0.3 is 17.1 Å². The molecule has 0 aromatic carbocycles. The molecule has 69 valence electrons. The van der Waals surface area contributed by atoms with Crippen molar-refractivity contribution in [3.05, 3.63) is 13.6 Å². The van der Waals surface area contributed by atoms with Crippen molar-refractivity contribution in [2.75, 3.05) is 13.1 Å². The van der Waals surface area contributed by atoms with Crippen LogP contribution in [-0.4, -0.2) is 24.0 Å². The van der Waals surface area contributed by atoms with E-state index in [1.54, 1.807) is 0 Å². The monoisotopic (exact) mass is 243 g/mol. The predicted octanol–water partition coefficient (Wildman–Crippen LogP) is 1.26. The average Bonchev–Trinajstić information content (AvgIpc) is 2.35. The van der Waals surface area contributed by atoms with Crippen LogP contribution in [0, 0.1) is 19.5 Å². The fourth-order valence-corrected chi connectivity index (χ4v) is 1.41. The van der Waals surface area contributed by atoms with Gasteiger partial charge in [0.1, 0.15) is 0 Å². The summed E-state index contributed by atoms with van der Waals surface area (Å²) < 4.78 is 0. The van der Waals surface area contributed by atoms with Crippen LogP contribution in [0.1, 0.15) is 20.3 Å². The Bertz CT molecular complexity index is 111. The van der Waals surface area contributed by atoms with E-state index in [0.717, 1.165) is 19.0 Å². The van der Waals surface area contributed by atoms with Crippen LogP contribution in [0.25, 0.3) is 0 Å². The summed E-state index contributed by atoms with van der Waals surface area (Å²) in [6.45, 7) is 12.8. The summed E-state index contributed by atoms with van der Waals surface area (Å²) in [7, 11) is 0. The van der Waals surface area contributed by atoms with Crippen LogP contribution in [0.3, 0.4) is 0 Å². The van der Waals surface area contributed by atoms with E-state index >= 15 is 0 Å². The average molecular weight is 243 g/mol. The van der Waals surface area contributed by atoms with Gasteiger partial charge in [-0.15, -0.1) is 6.04 Å². The largest absolute Gasteiger partial charge is 0.465 e. The summed E-state index contributed by atoms with van der Waals surface area (Å²) in [5.41, 5.74) is 0. The first-order valence-corrected chi connectivity index (χ1v) is 4.35. The zero-order valence-corrected chi connectivity index (χ0v) is 10.9. The number of nitrogens with zero attached hydrogens (tertiary/aromatic N) is 1. The van der Waals surface area contributed by atoms with E-state index in [1.165, 1.54) is 6.42 Å². The first kappa shape index (κ1) is 13.0. The van der Waals surface area contributed by atoms with Crippen LogP contribution in [0.5, 0.6) is 0 Å². The van der Waals surface area contributed by atoms with Crippen LogP contribution in [0.4, 0.5) is 0 Å². The van der Waals surface area contributed by atoms with Crippen molar-refractivity contribution in [1.29, 1.82) is 0 Å². The molecule has 12 heavy (non-hydrogen) atoms. The molecule has 2 nitrogen and oxygen atoms in total. The second-order valence-electron chi connectivity index (χ2n) is 3.60. The molecule has 0 amide bonds. The van der Waals surface area contributed by atoms with E-state index < -0.39 is 0 Å². The van der Waals surface area contributed by atoms with Gasteiger partial charge in [0.25, 0.3) is 0 Å². The van der Waals surface area contributed by atoms with Gasteiger partial charge in [0.05, 0.1) is 0 Å². The zero-order chi connectivity index (χ0) is 8.27. The van der Waals surface area contributed by atoms with Crippen molar-refractivity contribution in [2.45, 2.75) is 26.3 Å². The molecule has 1 rings (SSSR count). The maximum atomic E-state index is 4.11. The van der Waals surface area contributed by atoms with E-state index in [1.807, 2.05) is 0 Å². The van der Waals surface area contributed by atoms with E-state index in [4.69, 9.17) is 0 Å². The minimum absolute atomic E-state index is 0.